The van der Waals surface area contributed by atoms with Crippen LogP contribution in [0.2, 0.25) is 0 Å². The van der Waals surface area contributed by atoms with E-state index in [1.807, 2.05) is 30.5 Å². The molecule has 262 valence electrons. The van der Waals surface area contributed by atoms with Crippen molar-refractivity contribution in [3.63, 3.8) is 0 Å². The van der Waals surface area contributed by atoms with E-state index >= 15 is 0 Å². The number of pyridine rings is 1. The van der Waals surface area contributed by atoms with Crippen molar-refractivity contribution in [2.75, 3.05) is 0 Å². The Balaban J connectivity index is 1.07. The highest BCUT2D eigenvalue weighted by atomic mass is 15.0. The number of aromatic nitrogens is 5. The van der Waals surface area contributed by atoms with Gasteiger partial charge in [-0.1, -0.05) is 137 Å². The molecule has 2 aliphatic carbocycles. The summed E-state index contributed by atoms with van der Waals surface area (Å²) in [5, 5.41) is 2.37. The van der Waals surface area contributed by atoms with Crippen LogP contribution >= 0.6 is 0 Å². The first-order valence-electron chi connectivity index (χ1n) is 19.0. The molecule has 9 aromatic rings. The van der Waals surface area contributed by atoms with Gasteiger partial charge in [0, 0.05) is 50.2 Å². The summed E-state index contributed by atoms with van der Waals surface area (Å²) in [5.74, 6) is 2.02. The summed E-state index contributed by atoms with van der Waals surface area (Å²) < 4.78 is 2.30. The summed E-state index contributed by atoms with van der Waals surface area (Å²) in [5.41, 5.74) is 15.9. The smallest absolute Gasteiger partial charge is 0.164 e. The van der Waals surface area contributed by atoms with Gasteiger partial charge >= 0.3 is 0 Å². The van der Waals surface area contributed by atoms with Gasteiger partial charge in [-0.3, -0.25) is 4.57 Å². The number of hydrogen-bond donors (Lipinski definition) is 0. The summed E-state index contributed by atoms with van der Waals surface area (Å²) in [6.45, 7) is 9.28. The Bertz CT molecular complexity index is 2990. The maximum atomic E-state index is 5.30. The van der Waals surface area contributed by atoms with Crippen LogP contribution in [0.15, 0.2) is 152 Å². The standard InChI is InChI=1S/C50H37N5/c1-49(2)41-26-23-31(28-39(41)34-25-24-32(29-42(34)49)55-43-22-11-9-17-35(43)37-20-13-27-51-48(37)55)46-52-45(30-14-6-5-7-15-30)53-47(54-46)38-19-12-18-36-33-16-8-10-21-40(33)50(3,4)44(36)38/h5-29H,1-4H3. The molecule has 0 bridgehead atoms. The molecule has 0 aliphatic heterocycles. The quantitative estimate of drug-likeness (QED) is 0.183. The zero-order chi connectivity index (χ0) is 37.1. The van der Waals surface area contributed by atoms with E-state index in [1.165, 1.54) is 49.9 Å². The third-order valence-electron chi connectivity index (χ3n) is 12.1. The second kappa shape index (κ2) is 11.4. The molecule has 0 amide bonds. The van der Waals surface area contributed by atoms with Crippen molar-refractivity contribution in [1.29, 1.82) is 0 Å². The van der Waals surface area contributed by atoms with Crippen LogP contribution in [0.3, 0.4) is 0 Å². The van der Waals surface area contributed by atoms with E-state index in [0.717, 1.165) is 38.9 Å². The highest BCUT2D eigenvalue weighted by Crippen LogP contribution is 2.53. The normalized spacial score (nSPS) is 14.5. The molecule has 3 aromatic heterocycles. The molecule has 0 radical (unpaired) electrons. The highest BCUT2D eigenvalue weighted by molar-refractivity contribution is 6.08. The SMILES string of the molecule is CC1(C)c2ccc(-c3nc(-c4ccccc4)nc(-c4cccc5c4C(C)(C)c4ccccc4-5)n3)cc2-c2ccc(-n3c4ccccc4c4cccnc43)cc21. The average Bonchev–Trinajstić information content (AvgIpc) is 3.77. The molecule has 0 spiro atoms. The van der Waals surface area contributed by atoms with Gasteiger partial charge in [-0.25, -0.2) is 19.9 Å². The van der Waals surface area contributed by atoms with E-state index in [9.17, 15) is 0 Å². The van der Waals surface area contributed by atoms with E-state index in [0.29, 0.717) is 17.5 Å². The largest absolute Gasteiger partial charge is 0.294 e. The maximum absolute atomic E-state index is 5.30. The molecule has 3 heterocycles. The minimum atomic E-state index is -0.212. The Hall–Kier alpha value is -6.72. The molecule has 0 atom stereocenters. The van der Waals surface area contributed by atoms with Crippen molar-refractivity contribution in [2.24, 2.45) is 0 Å². The van der Waals surface area contributed by atoms with Crippen LogP contribution in [-0.2, 0) is 10.8 Å². The molecule has 55 heavy (non-hydrogen) atoms. The molecule has 0 unspecified atom stereocenters. The molecular formula is C50H37N5. The van der Waals surface area contributed by atoms with E-state index in [4.69, 9.17) is 19.9 Å². The summed E-state index contributed by atoms with van der Waals surface area (Å²) in [6, 6.07) is 51.9. The lowest BCUT2D eigenvalue weighted by molar-refractivity contribution is 0.660. The van der Waals surface area contributed by atoms with Gasteiger partial charge in [0.05, 0.1) is 5.52 Å². The minimum absolute atomic E-state index is 0.209. The van der Waals surface area contributed by atoms with Gasteiger partial charge in [0.25, 0.3) is 0 Å². The molecular weight excluding hydrogens is 671 g/mol. The molecule has 5 heteroatoms. The predicted molar refractivity (Wildman–Crippen MR) is 223 cm³/mol. The summed E-state index contributed by atoms with van der Waals surface area (Å²) in [4.78, 5) is 20.5. The zero-order valence-corrected chi connectivity index (χ0v) is 31.2. The topological polar surface area (TPSA) is 56.5 Å². The van der Waals surface area contributed by atoms with Crippen molar-refractivity contribution in [1.82, 2.24) is 24.5 Å². The summed E-state index contributed by atoms with van der Waals surface area (Å²) in [6.07, 6.45) is 1.88. The van der Waals surface area contributed by atoms with Crippen LogP contribution in [0, 0.1) is 0 Å². The van der Waals surface area contributed by atoms with Gasteiger partial charge in [-0.15, -0.1) is 0 Å². The molecule has 0 saturated carbocycles. The first-order valence-corrected chi connectivity index (χ1v) is 19.0. The third kappa shape index (κ3) is 4.53. The Kier molecular flexibility index (Phi) is 6.58. The lowest BCUT2D eigenvalue weighted by atomic mass is 9.80. The van der Waals surface area contributed by atoms with Crippen LogP contribution < -0.4 is 0 Å². The van der Waals surface area contributed by atoms with E-state index in [2.05, 4.69) is 154 Å². The molecule has 6 aromatic carbocycles. The number of hydrogen-bond acceptors (Lipinski definition) is 4. The van der Waals surface area contributed by atoms with Crippen molar-refractivity contribution in [2.45, 2.75) is 38.5 Å². The molecule has 11 rings (SSSR count). The highest BCUT2D eigenvalue weighted by Gasteiger charge is 2.39. The maximum Gasteiger partial charge on any atom is 0.164 e. The van der Waals surface area contributed by atoms with Crippen molar-refractivity contribution in [3.8, 4) is 62.1 Å². The fraction of sp³-hybridized carbons (Fsp3) is 0.120. The Morgan fingerprint density at radius 2 is 1.11 bits per heavy atom. The fourth-order valence-electron chi connectivity index (χ4n) is 9.45. The van der Waals surface area contributed by atoms with E-state index < -0.39 is 0 Å². The molecule has 0 fully saturated rings. The molecule has 0 N–H and O–H groups in total. The van der Waals surface area contributed by atoms with Crippen molar-refractivity contribution < 1.29 is 0 Å². The number of para-hydroxylation sites is 1. The van der Waals surface area contributed by atoms with Gasteiger partial charge in [0.15, 0.2) is 17.5 Å². The second-order valence-corrected chi connectivity index (χ2v) is 15.9. The summed E-state index contributed by atoms with van der Waals surface area (Å²) in [7, 11) is 0. The van der Waals surface area contributed by atoms with Crippen LogP contribution in [-0.4, -0.2) is 24.5 Å². The van der Waals surface area contributed by atoms with Gasteiger partial charge in [0.1, 0.15) is 5.65 Å². The summed E-state index contributed by atoms with van der Waals surface area (Å²) >= 11 is 0. The van der Waals surface area contributed by atoms with Crippen LogP contribution in [0.1, 0.15) is 49.9 Å². The molecule has 5 nitrogen and oxygen atoms in total. The fourth-order valence-corrected chi connectivity index (χ4v) is 9.45. The average molecular weight is 708 g/mol. The number of benzene rings is 6. The predicted octanol–water partition coefficient (Wildman–Crippen LogP) is 12.0. The molecule has 0 saturated heterocycles. The Morgan fingerprint density at radius 3 is 1.98 bits per heavy atom. The second-order valence-electron chi connectivity index (χ2n) is 15.9. The van der Waals surface area contributed by atoms with E-state index in [-0.39, 0.29) is 10.8 Å². The van der Waals surface area contributed by atoms with Gasteiger partial charge in [0.2, 0.25) is 0 Å². The molecule has 2 aliphatic rings. The number of nitrogens with zero attached hydrogens (tertiary/aromatic N) is 5. The van der Waals surface area contributed by atoms with Crippen LogP contribution in [0.4, 0.5) is 0 Å². The number of rotatable bonds is 4. The van der Waals surface area contributed by atoms with Gasteiger partial charge in [-0.05, 0) is 80.9 Å². The van der Waals surface area contributed by atoms with E-state index in [1.54, 1.807) is 0 Å². The third-order valence-corrected chi connectivity index (χ3v) is 12.1. The Morgan fingerprint density at radius 1 is 0.436 bits per heavy atom. The van der Waals surface area contributed by atoms with Crippen molar-refractivity contribution in [3.05, 3.63) is 174 Å². The monoisotopic (exact) mass is 707 g/mol. The van der Waals surface area contributed by atoms with Crippen molar-refractivity contribution >= 4 is 21.9 Å². The lowest BCUT2D eigenvalue weighted by Crippen LogP contribution is -2.17. The minimum Gasteiger partial charge on any atom is -0.294 e. The number of fused-ring (bicyclic) bond motifs is 9. The van der Waals surface area contributed by atoms with Gasteiger partial charge in [-0.2, -0.15) is 0 Å². The zero-order valence-electron chi connectivity index (χ0n) is 31.2. The Labute approximate surface area is 320 Å². The van der Waals surface area contributed by atoms with Gasteiger partial charge < -0.3 is 0 Å². The van der Waals surface area contributed by atoms with Crippen LogP contribution in [0.5, 0.6) is 0 Å². The first kappa shape index (κ1) is 31.8. The van der Waals surface area contributed by atoms with Crippen LogP contribution in [0.25, 0.3) is 84.0 Å². The lowest BCUT2D eigenvalue weighted by Gasteiger charge is -2.24. The first-order chi connectivity index (χ1) is 26.8.